The predicted molar refractivity (Wildman–Crippen MR) is 148 cm³/mol. The largest absolute Gasteiger partial charge is 0.354 e. The van der Waals surface area contributed by atoms with Gasteiger partial charge < -0.3 is 10.2 Å². The van der Waals surface area contributed by atoms with Crippen LogP contribution in [0.2, 0.25) is 0 Å². The molecule has 2 amide bonds. The van der Waals surface area contributed by atoms with Crippen molar-refractivity contribution in [1.29, 1.82) is 0 Å². The van der Waals surface area contributed by atoms with Crippen LogP contribution in [0, 0.1) is 0 Å². The van der Waals surface area contributed by atoms with Crippen molar-refractivity contribution in [1.82, 2.24) is 15.2 Å². The minimum absolute atomic E-state index is 0.00290. The van der Waals surface area contributed by atoms with E-state index in [0.29, 0.717) is 15.8 Å². The second-order valence-corrected chi connectivity index (χ2v) is 14.6. The van der Waals surface area contributed by atoms with E-state index in [4.69, 9.17) is 5.14 Å². The molecule has 216 valence electrons. The van der Waals surface area contributed by atoms with E-state index in [-0.39, 0.29) is 36.7 Å². The van der Waals surface area contributed by atoms with E-state index in [1.807, 2.05) is 0 Å². The lowest BCUT2D eigenvalue weighted by Crippen LogP contribution is -2.38. The number of thiazole rings is 1. The molecule has 0 bridgehead atoms. The molecule has 2 aromatic carbocycles. The number of sulfonamides is 1. The Labute approximate surface area is 234 Å². The Hall–Kier alpha value is -3.01. The summed E-state index contributed by atoms with van der Waals surface area (Å²) >= 11 is 1.03. The van der Waals surface area contributed by atoms with Crippen LogP contribution in [-0.4, -0.2) is 75.6 Å². The first-order chi connectivity index (χ1) is 18.7. The maximum absolute atomic E-state index is 13.5. The number of hydrogen-bond acceptors (Lipinski definition) is 8. The molecule has 15 heteroatoms. The van der Waals surface area contributed by atoms with E-state index >= 15 is 0 Å². The van der Waals surface area contributed by atoms with Gasteiger partial charge in [-0.15, -0.1) is 11.3 Å². The molecule has 3 N–H and O–H groups in total. The lowest BCUT2D eigenvalue weighted by molar-refractivity contribution is -0.120. The number of rotatable bonds is 10. The zero-order valence-corrected chi connectivity index (χ0v) is 23.9. The molecule has 1 fully saturated rings. The molecule has 1 saturated heterocycles. The van der Waals surface area contributed by atoms with E-state index in [0.717, 1.165) is 27.4 Å². The van der Waals surface area contributed by atoms with Gasteiger partial charge in [0, 0.05) is 25.1 Å². The van der Waals surface area contributed by atoms with E-state index in [9.17, 15) is 35.2 Å². The second kappa shape index (κ2) is 11.5. The molecule has 40 heavy (non-hydrogen) atoms. The number of carbonyl (C=O) groups excluding carboxylic acids is 2. The molecule has 3 aromatic rings. The van der Waals surface area contributed by atoms with Gasteiger partial charge >= 0.3 is 0 Å². The summed E-state index contributed by atoms with van der Waals surface area (Å²) in [6, 6.07) is 11.7. The summed E-state index contributed by atoms with van der Waals surface area (Å²) in [5, 5.41) is 5.74. The van der Waals surface area contributed by atoms with E-state index in [1.165, 1.54) is 0 Å². The zero-order valence-electron chi connectivity index (χ0n) is 21.5. The van der Waals surface area contributed by atoms with Gasteiger partial charge in [0.1, 0.15) is 5.01 Å². The quantitative estimate of drug-likeness (QED) is 0.356. The Morgan fingerprint density at radius 1 is 1.10 bits per heavy atom. The van der Waals surface area contributed by atoms with Crippen LogP contribution in [0.25, 0.3) is 21.3 Å². The number of halogens is 2. The predicted octanol–water partition coefficient (Wildman–Crippen LogP) is 2.72. The first kappa shape index (κ1) is 30.0. The fraction of sp³-hybridized carbons (Fsp3) is 0.400. The van der Waals surface area contributed by atoms with E-state index in [2.05, 4.69) is 10.3 Å². The zero-order chi connectivity index (χ0) is 29.3. The fourth-order valence-electron chi connectivity index (χ4n) is 4.37. The fourth-order valence-corrected chi connectivity index (χ4v) is 7.90. The van der Waals surface area contributed by atoms with Crippen LogP contribution in [-0.2, 0) is 24.7 Å². The highest BCUT2D eigenvalue weighted by atomic mass is 32.2. The second-order valence-electron chi connectivity index (χ2n) is 9.55. The SMILES string of the molecule is CCCS(=O)(=O)C(C(=O)NCCS(N)(=O)=O)c1nc2ccc(-c3ccc(C(=O)N4CCC(F)(F)C4)cc3)cc2s1. The Morgan fingerprint density at radius 3 is 2.38 bits per heavy atom. The molecule has 1 aliphatic rings. The maximum Gasteiger partial charge on any atom is 0.267 e. The van der Waals surface area contributed by atoms with Crippen molar-refractivity contribution in [2.75, 3.05) is 31.1 Å². The number of sulfone groups is 1. The van der Waals surface area contributed by atoms with Crippen LogP contribution in [0.4, 0.5) is 8.78 Å². The number of primary sulfonamides is 1. The van der Waals surface area contributed by atoms with Crippen molar-refractivity contribution in [3.8, 4) is 11.1 Å². The topological polar surface area (TPSA) is 157 Å². The number of benzene rings is 2. The lowest BCUT2D eigenvalue weighted by Gasteiger charge is -2.16. The summed E-state index contributed by atoms with van der Waals surface area (Å²) in [6.45, 7) is 0.717. The third-order valence-corrected chi connectivity index (χ3v) is 10.5. The number of nitrogens with zero attached hydrogens (tertiary/aromatic N) is 2. The van der Waals surface area contributed by atoms with Gasteiger partial charge in [0.05, 0.1) is 28.3 Å². The number of nitrogens with two attached hydrogens (primary N) is 1. The van der Waals surface area contributed by atoms with Crippen LogP contribution >= 0.6 is 11.3 Å². The van der Waals surface area contributed by atoms with Crippen LogP contribution in [0.3, 0.4) is 0 Å². The third kappa shape index (κ3) is 7.00. The Balaban J connectivity index is 1.58. The van der Waals surface area contributed by atoms with Crippen LogP contribution in [0.1, 0.15) is 40.4 Å². The van der Waals surface area contributed by atoms with Gasteiger partial charge in [0.25, 0.3) is 11.8 Å². The number of alkyl halides is 2. The minimum atomic E-state index is -3.96. The Kier molecular flexibility index (Phi) is 8.59. The summed E-state index contributed by atoms with van der Waals surface area (Å²) in [6.07, 6.45) is -0.0808. The van der Waals surface area contributed by atoms with Gasteiger partial charge in [0.15, 0.2) is 15.1 Å². The molecule has 0 saturated carbocycles. The number of hydrogen-bond donors (Lipinski definition) is 2. The van der Waals surface area contributed by atoms with Gasteiger partial charge in [-0.1, -0.05) is 25.1 Å². The number of carbonyl (C=O) groups is 2. The van der Waals surface area contributed by atoms with E-state index < -0.39 is 55.1 Å². The van der Waals surface area contributed by atoms with Crippen molar-refractivity contribution in [2.24, 2.45) is 5.14 Å². The van der Waals surface area contributed by atoms with Crippen molar-refractivity contribution < 1.29 is 35.2 Å². The standard InChI is InChI=1S/C25H28F2N4O6S3/c1-2-12-39(34,35)21(22(32)29-10-13-40(28,36)37)23-30-19-8-7-18(14-20(19)38-23)16-3-5-17(6-4-16)24(33)31-11-9-25(26,27)15-31/h3-8,14,21H,2,9-13,15H2,1H3,(H,29,32)(H2,28,36,37). The summed E-state index contributed by atoms with van der Waals surface area (Å²) in [5.74, 6) is -5.03. The molecule has 1 aromatic heterocycles. The van der Waals surface area contributed by atoms with Crippen LogP contribution < -0.4 is 10.5 Å². The minimum Gasteiger partial charge on any atom is -0.354 e. The molecule has 0 aliphatic carbocycles. The number of nitrogens with one attached hydrogen (secondary N) is 1. The summed E-state index contributed by atoms with van der Waals surface area (Å²) < 4.78 is 76.0. The average molecular weight is 615 g/mol. The highest BCUT2D eigenvalue weighted by Crippen LogP contribution is 2.34. The molecular formula is C25H28F2N4O6S3. The van der Waals surface area contributed by atoms with Crippen molar-refractivity contribution in [2.45, 2.75) is 30.9 Å². The van der Waals surface area contributed by atoms with Crippen LogP contribution in [0.15, 0.2) is 42.5 Å². The summed E-state index contributed by atoms with van der Waals surface area (Å²) in [4.78, 5) is 31.0. The maximum atomic E-state index is 13.5. The lowest BCUT2D eigenvalue weighted by atomic mass is 10.0. The molecule has 1 atom stereocenters. The molecular weight excluding hydrogens is 586 g/mol. The third-order valence-electron chi connectivity index (χ3n) is 6.32. The molecule has 4 rings (SSSR count). The number of fused-ring (bicyclic) bond motifs is 1. The van der Waals surface area contributed by atoms with Crippen molar-refractivity contribution >= 4 is 53.2 Å². The monoisotopic (exact) mass is 614 g/mol. The van der Waals surface area contributed by atoms with Crippen molar-refractivity contribution in [3.63, 3.8) is 0 Å². The highest BCUT2D eigenvalue weighted by Gasteiger charge is 2.40. The van der Waals surface area contributed by atoms with Gasteiger partial charge in [-0.25, -0.2) is 35.7 Å². The summed E-state index contributed by atoms with van der Waals surface area (Å²) in [5.41, 5.74) is 2.23. The van der Waals surface area contributed by atoms with Gasteiger partial charge in [-0.2, -0.15) is 0 Å². The molecule has 0 spiro atoms. The molecule has 10 nitrogen and oxygen atoms in total. The number of aromatic nitrogens is 1. The molecule has 0 radical (unpaired) electrons. The van der Waals surface area contributed by atoms with Crippen LogP contribution in [0.5, 0.6) is 0 Å². The molecule has 2 heterocycles. The normalized spacial score (nSPS) is 16.2. The van der Waals surface area contributed by atoms with Gasteiger partial charge in [0.2, 0.25) is 15.9 Å². The molecule has 1 aliphatic heterocycles. The smallest absolute Gasteiger partial charge is 0.267 e. The first-order valence-corrected chi connectivity index (χ1v) is 16.6. The van der Waals surface area contributed by atoms with Gasteiger partial charge in [-0.05, 0) is 41.8 Å². The van der Waals surface area contributed by atoms with Crippen molar-refractivity contribution in [3.05, 3.63) is 53.0 Å². The molecule has 1 unspecified atom stereocenters. The highest BCUT2D eigenvalue weighted by molar-refractivity contribution is 7.92. The average Bonchev–Trinajstić information content (AvgIpc) is 3.44. The van der Waals surface area contributed by atoms with Gasteiger partial charge in [-0.3, -0.25) is 9.59 Å². The van der Waals surface area contributed by atoms with E-state index in [1.54, 1.807) is 49.4 Å². The number of amides is 2. The Morgan fingerprint density at radius 2 is 1.77 bits per heavy atom. The first-order valence-electron chi connectivity index (χ1n) is 12.4. The summed E-state index contributed by atoms with van der Waals surface area (Å²) in [7, 11) is -7.81. The number of likely N-dealkylation sites (tertiary alicyclic amines) is 1. The Bertz CT molecular complexity index is 1640.